The number of hydrogen-bond donors (Lipinski definition) is 3. The molecular weight excluding hydrogens is 438 g/mol. The Bertz CT molecular complexity index is 1220. The zero-order valence-corrected chi connectivity index (χ0v) is 19.1. The molecule has 4 rings (SSSR count). The highest BCUT2D eigenvalue weighted by molar-refractivity contribution is 6.33. The minimum Gasteiger partial charge on any atom is -0.508 e. The van der Waals surface area contributed by atoms with E-state index in [9.17, 15) is 5.11 Å². The summed E-state index contributed by atoms with van der Waals surface area (Å²) in [6, 6.07) is 22.8. The average molecular weight is 464 g/mol. The summed E-state index contributed by atoms with van der Waals surface area (Å²) in [6.07, 6.45) is 0.619. The molecule has 7 heteroatoms. The van der Waals surface area contributed by atoms with Crippen LogP contribution in [-0.4, -0.2) is 40.0 Å². The summed E-state index contributed by atoms with van der Waals surface area (Å²) in [5.74, 6) is 1.51. The van der Waals surface area contributed by atoms with E-state index in [1.165, 1.54) is 0 Å². The van der Waals surface area contributed by atoms with E-state index < -0.39 is 0 Å². The third-order valence-corrected chi connectivity index (χ3v) is 5.71. The van der Waals surface area contributed by atoms with Crippen LogP contribution >= 0.6 is 11.6 Å². The number of nitrogens with zero attached hydrogens (tertiary/aromatic N) is 2. The number of rotatable bonds is 9. The van der Waals surface area contributed by atoms with Gasteiger partial charge in [-0.25, -0.2) is 4.98 Å². The highest BCUT2D eigenvalue weighted by atomic mass is 35.5. The number of pyridine rings is 1. The summed E-state index contributed by atoms with van der Waals surface area (Å²) < 4.78 is 7.61. The van der Waals surface area contributed by atoms with E-state index in [0.717, 1.165) is 28.2 Å². The summed E-state index contributed by atoms with van der Waals surface area (Å²) >= 11 is 6.54. The van der Waals surface area contributed by atoms with Crippen LogP contribution in [0.2, 0.25) is 5.02 Å². The van der Waals surface area contributed by atoms with Gasteiger partial charge in [-0.1, -0.05) is 29.8 Å². The van der Waals surface area contributed by atoms with Gasteiger partial charge in [-0.2, -0.15) is 0 Å². The molecule has 0 aliphatic heterocycles. The van der Waals surface area contributed by atoms with Crippen molar-refractivity contribution in [1.82, 2.24) is 9.55 Å². The van der Waals surface area contributed by atoms with Crippen molar-refractivity contribution in [3.05, 3.63) is 83.5 Å². The lowest BCUT2D eigenvalue weighted by molar-refractivity contribution is 0.292. The zero-order chi connectivity index (χ0) is 23.2. The second kappa shape index (κ2) is 10.4. The van der Waals surface area contributed by atoms with E-state index in [2.05, 4.69) is 16.0 Å². The summed E-state index contributed by atoms with van der Waals surface area (Å²) in [6.45, 7) is 1.20. The monoisotopic (exact) mass is 463 g/mol. The molecular formula is C26H26ClN3O3. The van der Waals surface area contributed by atoms with Crippen molar-refractivity contribution in [2.24, 2.45) is 0 Å². The number of methoxy groups -OCH3 is 1. The molecule has 0 bridgehead atoms. The number of halogens is 1. The third-order valence-electron chi connectivity index (χ3n) is 5.38. The fraction of sp³-hybridized carbons (Fsp3) is 0.192. The minimum atomic E-state index is 0.107. The van der Waals surface area contributed by atoms with Crippen molar-refractivity contribution in [3.8, 4) is 34.0 Å². The van der Waals surface area contributed by atoms with Crippen molar-refractivity contribution in [2.45, 2.75) is 13.0 Å². The fourth-order valence-corrected chi connectivity index (χ4v) is 3.97. The number of hydrogen-bond acceptors (Lipinski definition) is 5. The van der Waals surface area contributed by atoms with Gasteiger partial charge in [0.05, 0.1) is 25.0 Å². The largest absolute Gasteiger partial charge is 0.508 e. The number of aromatic nitrogens is 2. The van der Waals surface area contributed by atoms with Gasteiger partial charge in [-0.05, 0) is 66.6 Å². The SMILES string of the molecule is COc1ccc(Cn2c(-c3ccc(O)cc3)ccc2-c2ccccc2Cl)nc1NCCCO. The van der Waals surface area contributed by atoms with Gasteiger partial charge in [-0.15, -0.1) is 0 Å². The molecule has 2 heterocycles. The Morgan fingerprint density at radius 1 is 0.970 bits per heavy atom. The first-order valence-corrected chi connectivity index (χ1v) is 11.1. The van der Waals surface area contributed by atoms with Gasteiger partial charge in [0.2, 0.25) is 0 Å². The van der Waals surface area contributed by atoms with E-state index in [4.69, 9.17) is 26.4 Å². The van der Waals surface area contributed by atoms with Crippen LogP contribution in [0.4, 0.5) is 5.82 Å². The van der Waals surface area contributed by atoms with Crippen LogP contribution < -0.4 is 10.1 Å². The first kappa shape index (κ1) is 22.7. The van der Waals surface area contributed by atoms with Crippen molar-refractivity contribution in [3.63, 3.8) is 0 Å². The Morgan fingerprint density at radius 2 is 1.73 bits per heavy atom. The van der Waals surface area contributed by atoms with E-state index >= 15 is 0 Å². The number of aromatic hydroxyl groups is 1. The molecule has 0 saturated heterocycles. The molecule has 0 aliphatic carbocycles. The van der Waals surface area contributed by atoms with Crippen LogP contribution in [0.5, 0.6) is 11.5 Å². The van der Waals surface area contributed by atoms with Gasteiger partial charge in [0, 0.05) is 29.4 Å². The first-order valence-electron chi connectivity index (χ1n) is 10.7. The van der Waals surface area contributed by atoms with Crippen molar-refractivity contribution in [1.29, 1.82) is 0 Å². The van der Waals surface area contributed by atoms with Crippen LogP contribution in [0.15, 0.2) is 72.8 Å². The second-order valence-electron chi connectivity index (χ2n) is 7.57. The molecule has 0 atom stereocenters. The smallest absolute Gasteiger partial charge is 0.169 e. The fourth-order valence-electron chi connectivity index (χ4n) is 3.74. The van der Waals surface area contributed by atoms with Crippen LogP contribution in [0.3, 0.4) is 0 Å². The Morgan fingerprint density at radius 3 is 2.45 bits per heavy atom. The molecule has 0 radical (unpaired) electrons. The lowest BCUT2D eigenvalue weighted by atomic mass is 10.1. The molecule has 0 spiro atoms. The summed E-state index contributed by atoms with van der Waals surface area (Å²) in [7, 11) is 1.61. The number of nitrogens with one attached hydrogen (secondary N) is 1. The molecule has 3 N–H and O–H groups in total. The van der Waals surface area contributed by atoms with Crippen LogP contribution in [-0.2, 0) is 6.54 Å². The summed E-state index contributed by atoms with van der Waals surface area (Å²) in [5, 5.41) is 22.7. The number of aliphatic hydroxyl groups excluding tert-OH is 1. The molecule has 2 aromatic heterocycles. The second-order valence-corrected chi connectivity index (χ2v) is 7.98. The predicted octanol–water partition coefficient (Wildman–Crippen LogP) is 5.43. The van der Waals surface area contributed by atoms with Gasteiger partial charge in [0.15, 0.2) is 11.6 Å². The Balaban J connectivity index is 1.77. The highest BCUT2D eigenvalue weighted by Gasteiger charge is 2.16. The molecule has 33 heavy (non-hydrogen) atoms. The molecule has 4 aromatic rings. The lowest BCUT2D eigenvalue weighted by Gasteiger charge is -2.16. The number of benzene rings is 2. The number of phenolic OH excluding ortho intramolecular Hbond substituents is 1. The van der Waals surface area contributed by atoms with Gasteiger partial charge in [0.1, 0.15) is 5.75 Å². The normalized spacial score (nSPS) is 10.9. The molecule has 0 fully saturated rings. The van der Waals surface area contributed by atoms with Gasteiger partial charge >= 0.3 is 0 Å². The van der Waals surface area contributed by atoms with Crippen LogP contribution in [0, 0.1) is 0 Å². The van der Waals surface area contributed by atoms with E-state index in [1.807, 2.05) is 54.6 Å². The molecule has 170 valence electrons. The van der Waals surface area contributed by atoms with Crippen molar-refractivity contribution in [2.75, 3.05) is 25.6 Å². The maximum atomic E-state index is 9.73. The maximum absolute atomic E-state index is 9.73. The van der Waals surface area contributed by atoms with Crippen LogP contribution in [0.25, 0.3) is 22.5 Å². The van der Waals surface area contributed by atoms with Crippen LogP contribution in [0.1, 0.15) is 12.1 Å². The molecule has 0 aliphatic rings. The zero-order valence-electron chi connectivity index (χ0n) is 18.3. The molecule has 0 saturated carbocycles. The average Bonchev–Trinajstić information content (AvgIpc) is 3.23. The van der Waals surface area contributed by atoms with Crippen molar-refractivity contribution >= 4 is 17.4 Å². The Labute approximate surface area is 198 Å². The van der Waals surface area contributed by atoms with Crippen molar-refractivity contribution < 1.29 is 14.9 Å². The van der Waals surface area contributed by atoms with E-state index in [1.54, 1.807) is 19.2 Å². The Kier molecular flexibility index (Phi) is 7.17. The Hall–Kier alpha value is -3.48. The number of ether oxygens (including phenoxy) is 1. The topological polar surface area (TPSA) is 79.5 Å². The maximum Gasteiger partial charge on any atom is 0.169 e. The first-order chi connectivity index (χ1) is 16.1. The quantitative estimate of drug-likeness (QED) is 0.288. The molecule has 0 unspecified atom stereocenters. The van der Waals surface area contributed by atoms with Gasteiger partial charge in [-0.3, -0.25) is 0 Å². The standard InChI is InChI=1S/C26H26ClN3O3/c1-33-25-14-9-19(29-26(25)28-15-4-16-31)17-30-23(18-7-10-20(32)11-8-18)12-13-24(30)21-5-2-3-6-22(21)27/h2-3,5-14,31-32H,4,15-17H2,1H3,(H,28,29). The number of aliphatic hydroxyl groups is 1. The molecule has 2 aromatic carbocycles. The predicted molar refractivity (Wildman–Crippen MR) is 132 cm³/mol. The van der Waals surface area contributed by atoms with Gasteiger partial charge < -0.3 is 24.8 Å². The van der Waals surface area contributed by atoms with E-state index in [-0.39, 0.29) is 12.4 Å². The third kappa shape index (κ3) is 5.13. The molecule has 0 amide bonds. The minimum absolute atomic E-state index is 0.107. The summed E-state index contributed by atoms with van der Waals surface area (Å²) in [4.78, 5) is 4.78. The number of phenols is 1. The van der Waals surface area contributed by atoms with E-state index in [0.29, 0.717) is 36.1 Å². The lowest BCUT2D eigenvalue weighted by Crippen LogP contribution is -2.10. The number of anilines is 1. The molecule has 6 nitrogen and oxygen atoms in total. The summed E-state index contributed by atoms with van der Waals surface area (Å²) in [5.41, 5.74) is 4.69. The highest BCUT2D eigenvalue weighted by Crippen LogP contribution is 2.34. The van der Waals surface area contributed by atoms with Gasteiger partial charge in [0.25, 0.3) is 0 Å².